The molecule has 3 heteroatoms. The van der Waals surface area contributed by atoms with Gasteiger partial charge in [-0.05, 0) is 27.2 Å². The van der Waals surface area contributed by atoms with Crippen molar-refractivity contribution in [1.82, 2.24) is 4.90 Å². The first-order chi connectivity index (χ1) is 6.40. The molecule has 0 fully saturated rings. The van der Waals surface area contributed by atoms with Crippen molar-refractivity contribution in [3.05, 3.63) is 12.2 Å². The van der Waals surface area contributed by atoms with Crippen molar-refractivity contribution in [3.8, 4) is 0 Å². The summed E-state index contributed by atoms with van der Waals surface area (Å²) in [5.41, 5.74) is 0.0811. The van der Waals surface area contributed by atoms with Gasteiger partial charge in [0.2, 0.25) is 0 Å². The normalized spacial score (nSPS) is 11.2. The molecule has 1 N–H and O–H groups in total. The van der Waals surface area contributed by atoms with Crippen LogP contribution in [0.5, 0.6) is 0 Å². The van der Waals surface area contributed by atoms with E-state index in [1.165, 1.54) is 0 Å². The van der Waals surface area contributed by atoms with E-state index in [2.05, 4.69) is 6.58 Å². The summed E-state index contributed by atoms with van der Waals surface area (Å²) in [6, 6.07) is 0. The zero-order valence-corrected chi connectivity index (χ0v) is 9.63. The lowest BCUT2D eigenvalue weighted by atomic mass is 9.98. The van der Waals surface area contributed by atoms with Crippen molar-refractivity contribution in [3.63, 3.8) is 0 Å². The number of rotatable bonds is 5. The van der Waals surface area contributed by atoms with E-state index in [0.717, 1.165) is 6.42 Å². The topological polar surface area (TPSA) is 40.5 Å². The third kappa shape index (κ3) is 2.84. The van der Waals surface area contributed by atoms with E-state index in [1.54, 1.807) is 4.90 Å². The maximum absolute atomic E-state index is 11.8. The Morgan fingerprint density at radius 2 is 1.93 bits per heavy atom. The number of carbonyl (C=O) groups is 1. The van der Waals surface area contributed by atoms with Gasteiger partial charge in [0.1, 0.15) is 0 Å². The maximum Gasteiger partial charge on any atom is 0.251 e. The lowest BCUT2D eigenvalue weighted by Gasteiger charge is -2.37. The van der Waals surface area contributed by atoms with Crippen molar-refractivity contribution in [2.24, 2.45) is 0 Å². The van der Waals surface area contributed by atoms with Gasteiger partial charge in [0.25, 0.3) is 5.91 Å². The van der Waals surface area contributed by atoms with Crippen LogP contribution in [0.3, 0.4) is 0 Å². The molecule has 0 radical (unpaired) electrons. The van der Waals surface area contributed by atoms with Gasteiger partial charge in [0.15, 0.2) is 0 Å². The smallest absolute Gasteiger partial charge is 0.251 e. The minimum atomic E-state index is -0.269. The highest BCUT2D eigenvalue weighted by Gasteiger charge is 2.28. The predicted molar refractivity (Wildman–Crippen MR) is 58.0 cm³/mol. The fourth-order valence-corrected chi connectivity index (χ4v) is 1.30. The number of likely N-dealkylation sites (N-methyl/N-ethyl adjacent to an activating group) is 1. The summed E-state index contributed by atoms with van der Waals surface area (Å²) in [5, 5.41) is 8.84. The summed E-state index contributed by atoms with van der Waals surface area (Å²) in [6.45, 7) is 11.9. The number of nitrogens with zero attached hydrogens (tertiary/aromatic N) is 1. The summed E-state index contributed by atoms with van der Waals surface area (Å²) in [7, 11) is 0. The van der Waals surface area contributed by atoms with Gasteiger partial charge in [-0.3, -0.25) is 4.79 Å². The molecule has 0 aromatic rings. The Balaban J connectivity index is 4.73. The molecule has 1 amide bonds. The molecule has 0 aromatic carbocycles. The van der Waals surface area contributed by atoms with E-state index < -0.39 is 0 Å². The minimum Gasteiger partial charge on any atom is -0.391 e. The fraction of sp³-hybridized carbons (Fsp3) is 0.727. The number of aliphatic hydroxyl groups is 1. The van der Waals surface area contributed by atoms with Crippen molar-refractivity contribution in [2.45, 2.75) is 39.7 Å². The highest BCUT2D eigenvalue weighted by atomic mass is 16.3. The molecule has 0 saturated carbocycles. The molecule has 0 rings (SSSR count). The second kappa shape index (κ2) is 5.15. The van der Waals surface area contributed by atoms with Gasteiger partial charge in [-0.2, -0.15) is 0 Å². The van der Waals surface area contributed by atoms with Crippen LogP contribution in [0.4, 0.5) is 0 Å². The lowest BCUT2D eigenvalue weighted by Crippen LogP contribution is -2.48. The average Bonchev–Trinajstić information content (AvgIpc) is 2.17. The van der Waals surface area contributed by atoms with E-state index in [9.17, 15) is 4.79 Å². The molecular formula is C11H21NO2. The zero-order valence-electron chi connectivity index (χ0n) is 9.63. The first kappa shape index (κ1) is 13.2. The quantitative estimate of drug-likeness (QED) is 0.683. The van der Waals surface area contributed by atoms with Crippen LogP contribution in [0.1, 0.15) is 34.1 Å². The maximum atomic E-state index is 11.8. The van der Waals surface area contributed by atoms with Gasteiger partial charge in [0, 0.05) is 17.7 Å². The summed E-state index contributed by atoms with van der Waals surface area (Å²) in [4.78, 5) is 13.5. The van der Waals surface area contributed by atoms with Crippen LogP contribution in [0, 0.1) is 0 Å². The standard InChI is InChI=1S/C11H21NO2/c1-6-11(4,5)12(7-2)10(14)9(3)8-13/h13H,3,6-8H2,1-2,4-5H3. The van der Waals surface area contributed by atoms with Crippen LogP contribution in [-0.2, 0) is 4.79 Å². The molecule has 0 aliphatic carbocycles. The molecule has 3 nitrogen and oxygen atoms in total. The zero-order chi connectivity index (χ0) is 11.4. The van der Waals surface area contributed by atoms with Crippen LogP contribution in [0.2, 0.25) is 0 Å². The van der Waals surface area contributed by atoms with Crippen LogP contribution < -0.4 is 0 Å². The molecule has 0 saturated heterocycles. The Hall–Kier alpha value is -0.830. The van der Waals surface area contributed by atoms with Crippen LogP contribution in [0.15, 0.2) is 12.2 Å². The van der Waals surface area contributed by atoms with Gasteiger partial charge >= 0.3 is 0 Å². The first-order valence-electron chi connectivity index (χ1n) is 5.01. The van der Waals surface area contributed by atoms with E-state index in [-0.39, 0.29) is 23.6 Å². The molecule has 0 aliphatic rings. The summed E-state index contributed by atoms with van der Waals surface area (Å²) in [6.07, 6.45) is 0.880. The molecule has 0 aliphatic heterocycles. The number of hydrogen-bond donors (Lipinski definition) is 1. The highest BCUT2D eigenvalue weighted by Crippen LogP contribution is 2.19. The Morgan fingerprint density at radius 3 is 2.21 bits per heavy atom. The fourth-order valence-electron chi connectivity index (χ4n) is 1.30. The Kier molecular flexibility index (Phi) is 4.85. The number of amides is 1. The Morgan fingerprint density at radius 1 is 1.43 bits per heavy atom. The van der Waals surface area contributed by atoms with Crippen LogP contribution in [0.25, 0.3) is 0 Å². The molecule has 0 heterocycles. The van der Waals surface area contributed by atoms with Gasteiger partial charge in [-0.15, -0.1) is 0 Å². The molecule has 0 spiro atoms. The molecule has 82 valence electrons. The summed E-state index contributed by atoms with van der Waals surface area (Å²) in [5.74, 6) is -0.151. The first-order valence-corrected chi connectivity index (χ1v) is 5.01. The van der Waals surface area contributed by atoms with Crippen LogP contribution >= 0.6 is 0 Å². The number of aliphatic hydroxyl groups excluding tert-OH is 1. The van der Waals surface area contributed by atoms with Crippen LogP contribution in [-0.4, -0.2) is 34.6 Å². The van der Waals surface area contributed by atoms with Gasteiger partial charge < -0.3 is 10.0 Å². The van der Waals surface area contributed by atoms with Crippen molar-refractivity contribution in [2.75, 3.05) is 13.2 Å². The summed E-state index contributed by atoms with van der Waals surface area (Å²) >= 11 is 0. The minimum absolute atomic E-state index is 0.151. The Labute approximate surface area is 86.4 Å². The van der Waals surface area contributed by atoms with Gasteiger partial charge in [-0.1, -0.05) is 13.5 Å². The monoisotopic (exact) mass is 199 g/mol. The van der Waals surface area contributed by atoms with Gasteiger partial charge in [0.05, 0.1) is 6.61 Å². The largest absolute Gasteiger partial charge is 0.391 e. The van der Waals surface area contributed by atoms with E-state index in [4.69, 9.17) is 5.11 Å². The van der Waals surface area contributed by atoms with Crippen molar-refractivity contribution < 1.29 is 9.90 Å². The molecule has 0 aromatic heterocycles. The SMILES string of the molecule is C=C(CO)C(=O)N(CC)C(C)(C)CC. The molecule has 14 heavy (non-hydrogen) atoms. The van der Waals surface area contributed by atoms with E-state index >= 15 is 0 Å². The third-order valence-corrected chi connectivity index (χ3v) is 2.65. The lowest BCUT2D eigenvalue weighted by molar-refractivity contribution is -0.132. The second-order valence-corrected chi connectivity index (χ2v) is 3.98. The highest BCUT2D eigenvalue weighted by molar-refractivity contribution is 5.93. The predicted octanol–water partition coefficient (Wildman–Crippen LogP) is 1.57. The van der Waals surface area contributed by atoms with Gasteiger partial charge in [-0.25, -0.2) is 0 Å². The number of hydrogen-bond acceptors (Lipinski definition) is 2. The molecule has 0 bridgehead atoms. The van der Waals surface area contributed by atoms with Crippen molar-refractivity contribution >= 4 is 5.91 Å². The molecular weight excluding hydrogens is 178 g/mol. The number of carbonyl (C=O) groups excluding carboxylic acids is 1. The average molecular weight is 199 g/mol. The van der Waals surface area contributed by atoms with E-state index in [0.29, 0.717) is 6.54 Å². The van der Waals surface area contributed by atoms with E-state index in [1.807, 2.05) is 27.7 Å². The summed E-state index contributed by atoms with van der Waals surface area (Å²) < 4.78 is 0. The Bertz CT molecular complexity index is 221. The van der Waals surface area contributed by atoms with Crippen molar-refractivity contribution in [1.29, 1.82) is 0 Å². The second-order valence-electron chi connectivity index (χ2n) is 3.98. The molecule has 0 unspecified atom stereocenters. The molecule has 0 atom stereocenters. The third-order valence-electron chi connectivity index (χ3n) is 2.65.